The molecule has 0 spiro atoms. The number of carbonyl (C=O) groups is 2. The molecule has 2 rings (SSSR count). The van der Waals surface area contributed by atoms with Crippen molar-refractivity contribution in [1.82, 2.24) is 5.32 Å². The number of halogens is 1. The summed E-state index contributed by atoms with van der Waals surface area (Å²) < 4.78 is 13.2. The highest BCUT2D eigenvalue weighted by Crippen LogP contribution is 2.31. The Hall–Kier alpha value is -1.91. The quantitative estimate of drug-likeness (QED) is 0.897. The van der Waals surface area contributed by atoms with Crippen LogP contribution < -0.4 is 5.32 Å². The Bertz CT molecular complexity index is 532. The number of nitrogens with one attached hydrogen (secondary N) is 1. The number of amides is 1. The highest BCUT2D eigenvalue weighted by atomic mass is 19.1. The van der Waals surface area contributed by atoms with E-state index in [2.05, 4.69) is 5.32 Å². The zero-order valence-electron chi connectivity index (χ0n) is 12.0. The first kappa shape index (κ1) is 15.5. The molecule has 5 heteroatoms. The van der Waals surface area contributed by atoms with Gasteiger partial charge in [0, 0.05) is 0 Å². The lowest BCUT2D eigenvalue weighted by molar-refractivity contribution is -0.149. The zero-order chi connectivity index (χ0) is 15.4. The second-order valence-electron chi connectivity index (χ2n) is 5.62. The van der Waals surface area contributed by atoms with Gasteiger partial charge in [0.25, 0.3) is 0 Å². The van der Waals surface area contributed by atoms with Gasteiger partial charge in [0.2, 0.25) is 5.91 Å². The van der Waals surface area contributed by atoms with Crippen molar-refractivity contribution in [3.63, 3.8) is 0 Å². The number of hydrogen-bond acceptors (Lipinski definition) is 2. The highest BCUT2D eigenvalue weighted by molar-refractivity contribution is 5.85. The van der Waals surface area contributed by atoms with Crippen molar-refractivity contribution in [3.8, 4) is 0 Å². The average Bonchev–Trinajstić information content (AvgIpc) is 2.47. The van der Waals surface area contributed by atoms with Gasteiger partial charge in [-0.2, -0.15) is 0 Å². The van der Waals surface area contributed by atoms with E-state index in [1.54, 1.807) is 19.1 Å². The minimum absolute atomic E-state index is 0.251. The first-order chi connectivity index (χ1) is 9.99. The summed E-state index contributed by atoms with van der Waals surface area (Å²) in [6.45, 7) is 1.77. The van der Waals surface area contributed by atoms with E-state index in [1.165, 1.54) is 12.1 Å². The summed E-state index contributed by atoms with van der Waals surface area (Å²) in [7, 11) is 0. The second kappa shape index (κ2) is 6.70. The largest absolute Gasteiger partial charge is 0.481 e. The van der Waals surface area contributed by atoms with Crippen molar-refractivity contribution in [2.45, 2.75) is 38.6 Å². The minimum atomic E-state index is -0.909. The fourth-order valence-electron chi connectivity index (χ4n) is 2.92. The molecular formula is C16H20FNO3. The molecule has 1 amide bonds. The van der Waals surface area contributed by atoms with Crippen molar-refractivity contribution in [3.05, 3.63) is 35.6 Å². The van der Waals surface area contributed by atoms with Gasteiger partial charge in [-0.3, -0.25) is 9.59 Å². The molecule has 0 heterocycles. The zero-order valence-corrected chi connectivity index (χ0v) is 12.0. The Morgan fingerprint density at radius 2 is 1.95 bits per heavy atom. The standard InChI is InChI=1S/C16H20FNO3/c1-10(11-5-4-6-12(17)9-11)18-15(19)13-7-2-3-8-14(13)16(20)21/h4-6,9-10,13-14H,2-3,7-8H2,1H3,(H,18,19)(H,20,21)/t10?,13-,14+/m1/s1. The van der Waals surface area contributed by atoms with Crippen molar-refractivity contribution < 1.29 is 19.1 Å². The summed E-state index contributed by atoms with van der Waals surface area (Å²) in [6.07, 6.45) is 2.86. The molecule has 0 aliphatic heterocycles. The maximum absolute atomic E-state index is 13.2. The lowest BCUT2D eigenvalue weighted by Crippen LogP contribution is -2.40. The van der Waals surface area contributed by atoms with Gasteiger partial charge in [0.1, 0.15) is 5.82 Å². The Morgan fingerprint density at radius 3 is 2.57 bits per heavy atom. The number of rotatable bonds is 4. The monoisotopic (exact) mass is 293 g/mol. The molecule has 4 nitrogen and oxygen atoms in total. The third kappa shape index (κ3) is 3.80. The van der Waals surface area contributed by atoms with Crippen LogP contribution in [0.25, 0.3) is 0 Å². The summed E-state index contributed by atoms with van der Waals surface area (Å²) in [5.74, 6) is -2.62. The van der Waals surface area contributed by atoms with E-state index in [4.69, 9.17) is 0 Å². The molecule has 0 aromatic heterocycles. The van der Waals surface area contributed by atoms with E-state index in [9.17, 15) is 19.1 Å². The van der Waals surface area contributed by atoms with E-state index < -0.39 is 17.8 Å². The number of hydrogen-bond donors (Lipinski definition) is 2. The van der Waals surface area contributed by atoms with Gasteiger partial charge in [-0.25, -0.2) is 4.39 Å². The fourth-order valence-corrected chi connectivity index (χ4v) is 2.92. The van der Waals surface area contributed by atoms with E-state index in [0.717, 1.165) is 12.8 Å². The van der Waals surface area contributed by atoms with Gasteiger partial charge in [-0.15, -0.1) is 0 Å². The molecule has 0 saturated heterocycles. The number of benzene rings is 1. The molecule has 3 atom stereocenters. The van der Waals surface area contributed by atoms with Crippen LogP contribution >= 0.6 is 0 Å². The van der Waals surface area contributed by atoms with E-state index in [-0.39, 0.29) is 17.8 Å². The Balaban J connectivity index is 2.04. The fraction of sp³-hybridized carbons (Fsp3) is 0.500. The molecule has 1 saturated carbocycles. The molecule has 1 unspecified atom stereocenters. The van der Waals surface area contributed by atoms with Crippen LogP contribution in [0.2, 0.25) is 0 Å². The third-order valence-electron chi connectivity index (χ3n) is 4.13. The normalized spacial score (nSPS) is 23.3. The topological polar surface area (TPSA) is 66.4 Å². The van der Waals surface area contributed by atoms with Gasteiger partial charge in [0.15, 0.2) is 0 Å². The Kier molecular flexibility index (Phi) is 4.94. The molecule has 2 N–H and O–H groups in total. The van der Waals surface area contributed by atoms with Crippen LogP contribution in [0, 0.1) is 17.7 Å². The van der Waals surface area contributed by atoms with Gasteiger partial charge >= 0.3 is 5.97 Å². The van der Waals surface area contributed by atoms with Crippen molar-refractivity contribution >= 4 is 11.9 Å². The lowest BCUT2D eigenvalue weighted by Gasteiger charge is -2.28. The molecular weight excluding hydrogens is 273 g/mol. The summed E-state index contributed by atoms with van der Waals surface area (Å²) in [6, 6.07) is 5.71. The van der Waals surface area contributed by atoms with Gasteiger partial charge in [0.05, 0.1) is 17.9 Å². The Morgan fingerprint density at radius 1 is 1.29 bits per heavy atom. The summed E-state index contributed by atoms with van der Waals surface area (Å²) >= 11 is 0. The van der Waals surface area contributed by atoms with Crippen molar-refractivity contribution in [1.29, 1.82) is 0 Å². The van der Waals surface area contributed by atoms with Crippen LogP contribution in [0.3, 0.4) is 0 Å². The van der Waals surface area contributed by atoms with Crippen LogP contribution in [0.15, 0.2) is 24.3 Å². The molecule has 114 valence electrons. The van der Waals surface area contributed by atoms with Crippen LogP contribution in [0.4, 0.5) is 4.39 Å². The minimum Gasteiger partial charge on any atom is -0.481 e. The molecule has 21 heavy (non-hydrogen) atoms. The molecule has 1 aliphatic carbocycles. The molecule has 0 bridgehead atoms. The van der Waals surface area contributed by atoms with Gasteiger partial charge < -0.3 is 10.4 Å². The average molecular weight is 293 g/mol. The molecule has 1 fully saturated rings. The predicted octanol–water partition coefficient (Wildman–Crippen LogP) is 2.89. The molecule has 1 aromatic carbocycles. The van der Waals surface area contributed by atoms with Crippen LogP contribution in [-0.4, -0.2) is 17.0 Å². The lowest BCUT2D eigenvalue weighted by atomic mass is 9.78. The van der Waals surface area contributed by atoms with E-state index in [1.807, 2.05) is 0 Å². The SMILES string of the molecule is CC(NC(=O)[C@@H]1CCCC[C@@H]1C(=O)O)c1cccc(F)c1. The van der Waals surface area contributed by atoms with Crippen LogP contribution in [0.1, 0.15) is 44.2 Å². The van der Waals surface area contributed by atoms with Crippen molar-refractivity contribution in [2.75, 3.05) is 0 Å². The number of aliphatic carboxylic acids is 1. The number of carboxylic acids is 1. The number of carbonyl (C=O) groups excluding carboxylic acids is 1. The summed E-state index contributed by atoms with van der Waals surface area (Å²) in [4.78, 5) is 23.6. The second-order valence-corrected chi connectivity index (χ2v) is 5.62. The van der Waals surface area contributed by atoms with E-state index in [0.29, 0.717) is 18.4 Å². The first-order valence-corrected chi connectivity index (χ1v) is 7.27. The van der Waals surface area contributed by atoms with Crippen molar-refractivity contribution in [2.24, 2.45) is 11.8 Å². The third-order valence-corrected chi connectivity index (χ3v) is 4.13. The number of carboxylic acid groups (broad SMARTS) is 1. The molecule has 1 aliphatic rings. The summed E-state index contributed by atoms with van der Waals surface area (Å²) in [5, 5.41) is 12.0. The molecule has 0 radical (unpaired) electrons. The van der Waals surface area contributed by atoms with Gasteiger partial charge in [-0.05, 0) is 37.5 Å². The summed E-state index contributed by atoms with van der Waals surface area (Å²) in [5.41, 5.74) is 0.672. The Labute approximate surface area is 123 Å². The van der Waals surface area contributed by atoms with Crippen LogP contribution in [-0.2, 0) is 9.59 Å². The van der Waals surface area contributed by atoms with E-state index >= 15 is 0 Å². The predicted molar refractivity (Wildman–Crippen MR) is 76.0 cm³/mol. The molecule has 1 aromatic rings. The maximum atomic E-state index is 13.2. The maximum Gasteiger partial charge on any atom is 0.307 e. The highest BCUT2D eigenvalue weighted by Gasteiger charge is 2.36. The smallest absolute Gasteiger partial charge is 0.307 e. The van der Waals surface area contributed by atoms with Gasteiger partial charge in [-0.1, -0.05) is 25.0 Å². The van der Waals surface area contributed by atoms with Crippen LogP contribution in [0.5, 0.6) is 0 Å². The first-order valence-electron chi connectivity index (χ1n) is 7.27.